The van der Waals surface area contributed by atoms with Gasteiger partial charge in [0.05, 0.1) is 21.3 Å². The number of likely N-dealkylation sites (tertiary alicyclic amines) is 1. The molecule has 5 rings (SSSR count). The first-order valence-corrected chi connectivity index (χ1v) is 11.4. The lowest BCUT2D eigenvalue weighted by atomic mass is 9.93. The van der Waals surface area contributed by atoms with Gasteiger partial charge in [0.15, 0.2) is 0 Å². The van der Waals surface area contributed by atoms with E-state index < -0.39 is 5.41 Å². The Bertz CT molecular complexity index is 1270. The number of amidine groups is 1. The Hall–Kier alpha value is -2.71. The van der Waals surface area contributed by atoms with Crippen LogP contribution in [0.15, 0.2) is 35.1 Å². The van der Waals surface area contributed by atoms with Crippen LogP contribution in [-0.2, 0) is 23.7 Å². The summed E-state index contributed by atoms with van der Waals surface area (Å²) in [4.78, 5) is 34.4. The SMILES string of the molecule is Cl.Cn1c(=O)c(Cc2ccc(C(=N)N)s2)nc2cc(C3(C(=O)N4CCCC4)CC3)ccc21. The number of nitrogens with zero attached hydrogens (tertiary/aromatic N) is 3. The molecular formula is C23H26ClN5O2S. The summed E-state index contributed by atoms with van der Waals surface area (Å²) in [5.41, 5.74) is 7.97. The summed E-state index contributed by atoms with van der Waals surface area (Å²) < 4.78 is 1.63. The molecule has 2 aliphatic rings. The van der Waals surface area contributed by atoms with Gasteiger partial charge in [0.2, 0.25) is 5.91 Å². The molecule has 1 aliphatic carbocycles. The Balaban J connectivity index is 0.00000245. The lowest BCUT2D eigenvalue weighted by Gasteiger charge is -2.23. The van der Waals surface area contributed by atoms with Gasteiger partial charge in [-0.05, 0) is 55.5 Å². The number of nitrogens with one attached hydrogen (secondary N) is 1. The van der Waals surface area contributed by atoms with Crippen LogP contribution < -0.4 is 11.3 Å². The van der Waals surface area contributed by atoms with Gasteiger partial charge in [-0.3, -0.25) is 15.0 Å². The number of carbonyl (C=O) groups excluding carboxylic acids is 1. The number of aromatic nitrogens is 2. The summed E-state index contributed by atoms with van der Waals surface area (Å²) in [6, 6.07) is 9.58. The van der Waals surface area contributed by atoms with Crippen molar-refractivity contribution < 1.29 is 4.79 Å². The van der Waals surface area contributed by atoms with Crippen molar-refractivity contribution >= 4 is 46.5 Å². The van der Waals surface area contributed by atoms with Crippen molar-refractivity contribution in [3.05, 3.63) is 61.7 Å². The predicted molar refractivity (Wildman–Crippen MR) is 129 cm³/mol. The third kappa shape index (κ3) is 3.71. The maximum absolute atomic E-state index is 13.2. The first-order valence-electron chi connectivity index (χ1n) is 10.6. The lowest BCUT2D eigenvalue weighted by Crippen LogP contribution is -2.37. The van der Waals surface area contributed by atoms with Crippen LogP contribution in [0.1, 0.15) is 46.7 Å². The maximum Gasteiger partial charge on any atom is 0.272 e. The number of thiophene rings is 1. The van der Waals surface area contributed by atoms with Crippen molar-refractivity contribution in [3.8, 4) is 0 Å². The second-order valence-corrected chi connectivity index (χ2v) is 9.73. The standard InChI is InChI=1S/C23H25N5O2S.ClH/c1-27-18-6-4-14(23(8-9-23)22(30)28-10-2-3-11-28)12-16(18)26-17(21(27)29)13-15-5-7-19(31-15)20(24)25;/h4-7,12H,2-3,8-11,13H2,1H3,(H3,24,25);1H. The third-order valence-electron chi connectivity index (χ3n) is 6.52. The summed E-state index contributed by atoms with van der Waals surface area (Å²) in [6.07, 6.45) is 4.30. The molecule has 0 unspecified atom stereocenters. The molecular weight excluding hydrogens is 446 g/mol. The zero-order valence-corrected chi connectivity index (χ0v) is 19.5. The van der Waals surface area contributed by atoms with E-state index in [1.807, 2.05) is 29.2 Å². The molecule has 168 valence electrons. The van der Waals surface area contributed by atoms with Crippen LogP contribution in [-0.4, -0.2) is 39.3 Å². The van der Waals surface area contributed by atoms with Gasteiger partial charge in [-0.1, -0.05) is 6.07 Å². The minimum absolute atomic E-state index is 0. The summed E-state index contributed by atoms with van der Waals surface area (Å²) in [6.45, 7) is 1.71. The predicted octanol–water partition coefficient (Wildman–Crippen LogP) is 2.95. The molecule has 0 spiro atoms. The van der Waals surface area contributed by atoms with E-state index in [1.165, 1.54) is 11.3 Å². The first kappa shape index (κ1) is 22.5. The summed E-state index contributed by atoms with van der Waals surface area (Å²) >= 11 is 1.40. The average molecular weight is 472 g/mol. The number of amides is 1. The van der Waals surface area contributed by atoms with Gasteiger partial charge in [0.1, 0.15) is 11.5 Å². The minimum Gasteiger partial charge on any atom is -0.383 e. The quantitative estimate of drug-likeness (QED) is 0.440. The van der Waals surface area contributed by atoms with Gasteiger partial charge < -0.3 is 15.2 Å². The highest BCUT2D eigenvalue weighted by atomic mass is 35.5. The molecule has 3 N–H and O–H groups in total. The molecule has 1 amide bonds. The van der Waals surface area contributed by atoms with E-state index in [9.17, 15) is 9.59 Å². The Morgan fingerprint density at radius 1 is 1.22 bits per heavy atom. The second-order valence-electron chi connectivity index (χ2n) is 8.56. The average Bonchev–Trinajstić information content (AvgIpc) is 3.15. The van der Waals surface area contributed by atoms with Crippen LogP contribution >= 0.6 is 23.7 Å². The van der Waals surface area contributed by atoms with E-state index in [0.717, 1.165) is 60.2 Å². The number of fused-ring (bicyclic) bond motifs is 1. The van der Waals surface area contributed by atoms with Crippen molar-refractivity contribution in [3.63, 3.8) is 0 Å². The molecule has 1 aliphatic heterocycles. The van der Waals surface area contributed by atoms with Crippen LogP contribution in [0.5, 0.6) is 0 Å². The van der Waals surface area contributed by atoms with Crippen LogP contribution in [0.2, 0.25) is 0 Å². The van der Waals surface area contributed by atoms with Crippen LogP contribution in [0.4, 0.5) is 0 Å². The molecule has 3 heterocycles. The number of aryl methyl sites for hydroxylation is 1. The van der Waals surface area contributed by atoms with E-state index >= 15 is 0 Å². The molecule has 32 heavy (non-hydrogen) atoms. The van der Waals surface area contributed by atoms with Gasteiger partial charge in [-0.2, -0.15) is 0 Å². The Labute approximate surface area is 196 Å². The van der Waals surface area contributed by atoms with Crippen molar-refractivity contribution in [1.82, 2.24) is 14.5 Å². The summed E-state index contributed by atoms with van der Waals surface area (Å²) in [5.74, 6) is 0.266. The number of hydrogen-bond acceptors (Lipinski definition) is 5. The van der Waals surface area contributed by atoms with E-state index in [1.54, 1.807) is 17.7 Å². The fourth-order valence-electron chi connectivity index (χ4n) is 4.56. The van der Waals surface area contributed by atoms with E-state index in [0.29, 0.717) is 17.0 Å². The fourth-order valence-corrected chi connectivity index (χ4v) is 5.44. The largest absolute Gasteiger partial charge is 0.383 e. The molecule has 1 saturated heterocycles. The van der Waals surface area contributed by atoms with Crippen molar-refractivity contribution in [1.29, 1.82) is 5.41 Å². The van der Waals surface area contributed by atoms with Crippen molar-refractivity contribution in [2.75, 3.05) is 13.1 Å². The molecule has 0 bridgehead atoms. The highest BCUT2D eigenvalue weighted by Gasteiger charge is 2.53. The van der Waals surface area contributed by atoms with Crippen LogP contribution in [0.3, 0.4) is 0 Å². The Morgan fingerprint density at radius 3 is 2.56 bits per heavy atom. The van der Waals surface area contributed by atoms with Crippen LogP contribution in [0, 0.1) is 5.41 Å². The molecule has 2 fully saturated rings. The molecule has 1 saturated carbocycles. The lowest BCUT2D eigenvalue weighted by molar-refractivity contribution is -0.132. The van der Waals surface area contributed by atoms with Gasteiger partial charge >= 0.3 is 0 Å². The van der Waals surface area contributed by atoms with Gasteiger partial charge in [-0.15, -0.1) is 23.7 Å². The van der Waals surface area contributed by atoms with Gasteiger partial charge in [-0.25, -0.2) is 4.98 Å². The monoisotopic (exact) mass is 471 g/mol. The van der Waals surface area contributed by atoms with Crippen molar-refractivity contribution in [2.45, 2.75) is 37.5 Å². The summed E-state index contributed by atoms with van der Waals surface area (Å²) in [7, 11) is 1.76. The molecule has 2 aromatic heterocycles. The maximum atomic E-state index is 13.2. The molecule has 7 nitrogen and oxygen atoms in total. The van der Waals surface area contributed by atoms with E-state index in [2.05, 4.69) is 0 Å². The molecule has 0 atom stereocenters. The topological polar surface area (TPSA) is 105 Å². The van der Waals surface area contributed by atoms with Gasteiger partial charge in [0.25, 0.3) is 5.56 Å². The molecule has 3 aromatic rings. The number of benzene rings is 1. The normalized spacial score (nSPS) is 16.7. The zero-order valence-electron chi connectivity index (χ0n) is 17.9. The third-order valence-corrected chi connectivity index (χ3v) is 7.64. The molecule has 0 radical (unpaired) electrons. The fraction of sp³-hybridized carbons (Fsp3) is 0.391. The Kier molecular flexibility index (Phi) is 5.85. The first-order chi connectivity index (χ1) is 14.9. The summed E-state index contributed by atoms with van der Waals surface area (Å²) in [5, 5.41) is 7.57. The number of hydrogen-bond donors (Lipinski definition) is 2. The number of carbonyl (C=O) groups is 1. The number of nitrogens with two attached hydrogens (primary N) is 1. The number of halogens is 1. The zero-order chi connectivity index (χ0) is 21.8. The number of nitrogen functional groups attached to an aromatic ring is 1. The highest BCUT2D eigenvalue weighted by molar-refractivity contribution is 7.14. The number of rotatable bonds is 5. The van der Waals surface area contributed by atoms with Gasteiger partial charge in [0, 0.05) is 31.4 Å². The molecule has 9 heteroatoms. The van der Waals surface area contributed by atoms with Crippen molar-refractivity contribution in [2.24, 2.45) is 12.8 Å². The minimum atomic E-state index is -0.417. The van der Waals surface area contributed by atoms with E-state index in [-0.39, 0.29) is 29.7 Å². The highest BCUT2D eigenvalue weighted by Crippen LogP contribution is 2.50. The Morgan fingerprint density at radius 2 is 1.94 bits per heavy atom. The van der Waals surface area contributed by atoms with E-state index in [4.69, 9.17) is 16.1 Å². The van der Waals surface area contributed by atoms with Crippen LogP contribution in [0.25, 0.3) is 11.0 Å². The smallest absolute Gasteiger partial charge is 0.272 e. The molecule has 1 aromatic carbocycles. The second kappa shape index (κ2) is 8.33.